The van der Waals surface area contributed by atoms with Gasteiger partial charge in [0.2, 0.25) is 0 Å². The molecule has 0 unspecified atom stereocenters. The predicted molar refractivity (Wildman–Crippen MR) is 92.4 cm³/mol. The van der Waals surface area contributed by atoms with Crippen molar-refractivity contribution in [3.05, 3.63) is 20.8 Å². The van der Waals surface area contributed by atoms with Crippen molar-refractivity contribution in [2.75, 3.05) is 30.1 Å². The van der Waals surface area contributed by atoms with Crippen LogP contribution in [-0.4, -0.2) is 40.5 Å². The van der Waals surface area contributed by atoms with Crippen molar-refractivity contribution in [3.8, 4) is 0 Å². The first-order chi connectivity index (χ1) is 10.7. The largest absolute Gasteiger partial charge is 0.390 e. The molecule has 2 rings (SSSR count). The van der Waals surface area contributed by atoms with Crippen LogP contribution in [0.15, 0.2) is 9.59 Å². The summed E-state index contributed by atoms with van der Waals surface area (Å²) in [6, 6.07) is 0. The average molecular weight is 324 g/mol. The second-order valence-corrected chi connectivity index (χ2v) is 6.90. The summed E-state index contributed by atoms with van der Waals surface area (Å²) in [7, 11) is 1.86. The Hall–Kier alpha value is -1.76. The lowest BCUT2D eigenvalue weighted by Crippen LogP contribution is -2.37. The van der Waals surface area contributed by atoms with Crippen molar-refractivity contribution < 1.29 is 5.11 Å². The normalized spacial score (nSPS) is 14.5. The van der Waals surface area contributed by atoms with Crippen LogP contribution in [0, 0.1) is 0 Å². The summed E-state index contributed by atoms with van der Waals surface area (Å²) in [4.78, 5) is 31.5. The fourth-order valence-electron chi connectivity index (χ4n) is 2.99. The highest BCUT2D eigenvalue weighted by atomic mass is 16.3. The van der Waals surface area contributed by atoms with Crippen LogP contribution in [-0.2, 0) is 6.54 Å². The molecule has 2 N–H and O–H groups in total. The number of aromatic amines is 1. The number of hydrogen-bond acceptors (Lipinski definition) is 5. The predicted octanol–water partition coefficient (Wildman–Crippen LogP) is 1.10. The van der Waals surface area contributed by atoms with Crippen LogP contribution in [0.3, 0.4) is 0 Å². The molecule has 7 heteroatoms. The van der Waals surface area contributed by atoms with E-state index in [0.717, 1.165) is 32.2 Å². The van der Waals surface area contributed by atoms with Gasteiger partial charge in [0.25, 0.3) is 5.56 Å². The summed E-state index contributed by atoms with van der Waals surface area (Å²) in [5.41, 5.74) is -0.647. The van der Waals surface area contributed by atoms with Crippen molar-refractivity contribution in [1.29, 1.82) is 0 Å². The molecule has 1 aliphatic rings. The molecular formula is C16H28N4O3. The maximum atomic E-state index is 12.6. The first-order valence-corrected chi connectivity index (χ1v) is 8.30. The van der Waals surface area contributed by atoms with Gasteiger partial charge in [-0.3, -0.25) is 14.3 Å². The highest BCUT2D eigenvalue weighted by molar-refractivity contribution is 5.70. The van der Waals surface area contributed by atoms with E-state index < -0.39 is 5.60 Å². The van der Waals surface area contributed by atoms with E-state index in [1.165, 1.54) is 4.57 Å². The van der Waals surface area contributed by atoms with Crippen LogP contribution in [0.5, 0.6) is 0 Å². The van der Waals surface area contributed by atoms with E-state index in [2.05, 4.69) is 4.98 Å². The maximum absolute atomic E-state index is 12.6. The number of hydrogen-bond donors (Lipinski definition) is 2. The molecule has 0 saturated carbocycles. The van der Waals surface area contributed by atoms with Gasteiger partial charge in [0.1, 0.15) is 11.5 Å². The van der Waals surface area contributed by atoms with Gasteiger partial charge in [-0.25, -0.2) is 4.79 Å². The number of unbranched alkanes of at least 4 members (excludes halogenated alkanes) is 2. The minimum atomic E-state index is -0.659. The minimum Gasteiger partial charge on any atom is -0.390 e. The Morgan fingerprint density at radius 2 is 1.91 bits per heavy atom. The summed E-state index contributed by atoms with van der Waals surface area (Å²) in [5.74, 6) is 0.628. The molecule has 130 valence electrons. The Balaban J connectivity index is 2.08. The number of fused-ring (bicyclic) bond motifs is 1. The van der Waals surface area contributed by atoms with Gasteiger partial charge in [0, 0.05) is 20.1 Å². The molecule has 23 heavy (non-hydrogen) atoms. The molecule has 1 aromatic heterocycles. The Kier molecular flexibility index (Phi) is 5.19. The number of anilines is 2. The zero-order chi connectivity index (χ0) is 17.2. The minimum absolute atomic E-state index is 0.218. The van der Waals surface area contributed by atoms with Gasteiger partial charge < -0.3 is 14.9 Å². The van der Waals surface area contributed by atoms with Crippen molar-refractivity contribution in [1.82, 2.24) is 9.55 Å². The SMILES string of the molecule is CCN1CN(C)c2c1[nH]c(=O)n(CCCCCC(C)(C)O)c2=O. The summed E-state index contributed by atoms with van der Waals surface area (Å²) < 4.78 is 1.29. The lowest BCUT2D eigenvalue weighted by Gasteiger charge is -2.16. The van der Waals surface area contributed by atoms with E-state index in [-0.39, 0.29) is 11.2 Å². The number of rotatable bonds is 7. The number of H-pyrrole nitrogens is 1. The lowest BCUT2D eigenvalue weighted by molar-refractivity contribution is 0.0679. The second kappa shape index (κ2) is 6.78. The lowest BCUT2D eigenvalue weighted by atomic mass is 10.0. The zero-order valence-electron chi connectivity index (χ0n) is 14.6. The van der Waals surface area contributed by atoms with Gasteiger partial charge >= 0.3 is 5.69 Å². The number of nitrogens with zero attached hydrogens (tertiary/aromatic N) is 3. The highest BCUT2D eigenvalue weighted by Crippen LogP contribution is 2.27. The topological polar surface area (TPSA) is 81.6 Å². The molecule has 0 aliphatic carbocycles. The molecule has 2 heterocycles. The molecule has 1 aromatic rings. The first-order valence-electron chi connectivity index (χ1n) is 8.30. The summed E-state index contributed by atoms with van der Waals surface area (Å²) in [5, 5.41) is 9.69. The molecule has 0 bridgehead atoms. The van der Waals surface area contributed by atoms with Crippen LogP contribution in [0.4, 0.5) is 11.5 Å². The van der Waals surface area contributed by atoms with Crippen LogP contribution < -0.4 is 21.0 Å². The fraction of sp³-hybridized carbons (Fsp3) is 0.750. The quantitative estimate of drug-likeness (QED) is 0.734. The first kappa shape index (κ1) is 17.6. The van der Waals surface area contributed by atoms with Crippen LogP contribution >= 0.6 is 0 Å². The summed E-state index contributed by atoms with van der Waals surface area (Å²) in [6.45, 7) is 7.35. The average Bonchev–Trinajstić information content (AvgIpc) is 2.76. The molecular weight excluding hydrogens is 296 g/mol. The highest BCUT2D eigenvalue weighted by Gasteiger charge is 2.28. The Bertz CT molecular complexity index is 657. The van der Waals surface area contributed by atoms with Gasteiger partial charge in [0.15, 0.2) is 0 Å². The van der Waals surface area contributed by atoms with Gasteiger partial charge in [-0.1, -0.05) is 12.8 Å². The molecule has 0 spiro atoms. The van der Waals surface area contributed by atoms with Crippen molar-refractivity contribution in [3.63, 3.8) is 0 Å². The third kappa shape index (κ3) is 3.96. The molecule has 0 radical (unpaired) electrons. The monoisotopic (exact) mass is 324 g/mol. The Morgan fingerprint density at radius 1 is 1.22 bits per heavy atom. The number of aromatic nitrogens is 2. The van der Waals surface area contributed by atoms with Gasteiger partial charge in [-0.15, -0.1) is 0 Å². The van der Waals surface area contributed by atoms with Crippen molar-refractivity contribution >= 4 is 11.5 Å². The van der Waals surface area contributed by atoms with Gasteiger partial charge in [-0.2, -0.15) is 0 Å². The van der Waals surface area contributed by atoms with Crippen LogP contribution in [0.25, 0.3) is 0 Å². The molecule has 0 fully saturated rings. The van der Waals surface area contributed by atoms with Crippen molar-refractivity contribution in [2.24, 2.45) is 0 Å². The summed E-state index contributed by atoms with van der Waals surface area (Å²) >= 11 is 0. The molecule has 0 aromatic carbocycles. The molecule has 0 atom stereocenters. The fourth-order valence-corrected chi connectivity index (χ4v) is 2.99. The maximum Gasteiger partial charge on any atom is 0.330 e. The van der Waals surface area contributed by atoms with E-state index in [4.69, 9.17) is 0 Å². The van der Waals surface area contributed by atoms with Crippen LogP contribution in [0.1, 0.15) is 46.5 Å². The zero-order valence-corrected chi connectivity index (χ0v) is 14.6. The number of nitrogens with one attached hydrogen (secondary N) is 1. The Labute approximate surface area is 136 Å². The molecule has 7 nitrogen and oxygen atoms in total. The number of aliphatic hydroxyl groups is 1. The Morgan fingerprint density at radius 3 is 2.52 bits per heavy atom. The van der Waals surface area contributed by atoms with Gasteiger partial charge in [0.05, 0.1) is 12.3 Å². The second-order valence-electron chi connectivity index (χ2n) is 6.90. The summed E-state index contributed by atoms with van der Waals surface area (Å²) in [6.07, 6.45) is 3.23. The molecule has 1 aliphatic heterocycles. The van der Waals surface area contributed by atoms with E-state index in [1.807, 2.05) is 23.8 Å². The van der Waals surface area contributed by atoms with Crippen molar-refractivity contribution in [2.45, 2.75) is 58.6 Å². The van der Waals surface area contributed by atoms with Gasteiger partial charge in [-0.05, 0) is 33.6 Å². The molecule has 0 amide bonds. The van der Waals surface area contributed by atoms with E-state index in [0.29, 0.717) is 24.7 Å². The molecule has 0 saturated heterocycles. The standard InChI is InChI=1S/C16H28N4O3/c1-5-19-11-18(4)12-13(19)17-15(22)20(14(12)21)10-8-6-7-9-16(2,3)23/h23H,5-11H2,1-4H3,(H,17,22). The van der Waals surface area contributed by atoms with E-state index >= 15 is 0 Å². The third-order valence-electron chi connectivity index (χ3n) is 4.28. The smallest absolute Gasteiger partial charge is 0.330 e. The van der Waals surface area contributed by atoms with Crippen LogP contribution in [0.2, 0.25) is 0 Å². The van der Waals surface area contributed by atoms with E-state index in [9.17, 15) is 14.7 Å². The van der Waals surface area contributed by atoms with E-state index in [1.54, 1.807) is 13.8 Å². The third-order valence-corrected chi connectivity index (χ3v) is 4.28.